The Morgan fingerprint density at radius 2 is 2.06 bits per heavy atom. The van der Waals surface area contributed by atoms with Gasteiger partial charge >= 0.3 is 0 Å². The fraction of sp³-hybridized carbons (Fsp3) is 0.533. The minimum absolute atomic E-state index is 0.269. The first kappa shape index (κ1) is 11.7. The lowest BCUT2D eigenvalue weighted by molar-refractivity contribution is 0.0945. The number of ketones is 1. The average Bonchev–Trinajstić information content (AvgIpc) is 2.91. The number of hydrogen-bond donors (Lipinski definition) is 1. The van der Waals surface area contributed by atoms with Crippen LogP contribution in [0.4, 0.5) is 5.69 Å². The molecule has 0 atom stereocenters. The molecule has 18 heavy (non-hydrogen) atoms. The molecule has 0 amide bonds. The average molecular weight is 244 g/mol. The SMILES string of the molecule is O=C(CN1CCCC1)c1ccc2c(c1)CCCN2. The molecule has 1 fully saturated rings. The molecular formula is C15H20N2O. The molecule has 1 N–H and O–H groups in total. The molecule has 3 heteroatoms. The van der Waals surface area contributed by atoms with E-state index in [2.05, 4.69) is 22.3 Å². The van der Waals surface area contributed by atoms with E-state index >= 15 is 0 Å². The second-order valence-electron chi connectivity index (χ2n) is 5.31. The van der Waals surface area contributed by atoms with Crippen molar-refractivity contribution < 1.29 is 4.79 Å². The van der Waals surface area contributed by atoms with Gasteiger partial charge in [-0.2, -0.15) is 0 Å². The number of Topliss-reactive ketones (excluding diaryl/α,β-unsaturated/α-hetero) is 1. The Morgan fingerprint density at radius 3 is 2.89 bits per heavy atom. The summed E-state index contributed by atoms with van der Waals surface area (Å²) in [7, 11) is 0. The number of fused-ring (bicyclic) bond motifs is 1. The van der Waals surface area contributed by atoms with Crippen LogP contribution >= 0.6 is 0 Å². The number of carbonyl (C=O) groups is 1. The lowest BCUT2D eigenvalue weighted by atomic mass is 9.99. The van der Waals surface area contributed by atoms with Crippen molar-refractivity contribution in [2.24, 2.45) is 0 Å². The first-order valence-electron chi connectivity index (χ1n) is 6.95. The summed E-state index contributed by atoms with van der Waals surface area (Å²) in [5.74, 6) is 0.269. The molecule has 0 bridgehead atoms. The summed E-state index contributed by atoms with van der Waals surface area (Å²) >= 11 is 0. The molecule has 1 aromatic carbocycles. The van der Waals surface area contributed by atoms with E-state index in [0.717, 1.165) is 38.0 Å². The summed E-state index contributed by atoms with van der Waals surface area (Å²) in [6.07, 6.45) is 4.73. The Kier molecular flexibility index (Phi) is 3.33. The lowest BCUT2D eigenvalue weighted by Gasteiger charge is -2.19. The largest absolute Gasteiger partial charge is 0.385 e. The number of hydrogen-bond acceptors (Lipinski definition) is 3. The number of nitrogens with zero attached hydrogens (tertiary/aromatic N) is 1. The van der Waals surface area contributed by atoms with Crippen molar-refractivity contribution in [2.45, 2.75) is 25.7 Å². The van der Waals surface area contributed by atoms with Gasteiger partial charge in [0, 0.05) is 17.8 Å². The monoisotopic (exact) mass is 244 g/mol. The number of nitrogens with one attached hydrogen (secondary N) is 1. The first-order valence-corrected chi connectivity index (χ1v) is 6.95. The smallest absolute Gasteiger partial charge is 0.176 e. The maximum atomic E-state index is 12.2. The van der Waals surface area contributed by atoms with Gasteiger partial charge in [-0.05, 0) is 62.5 Å². The van der Waals surface area contributed by atoms with Gasteiger partial charge in [0.15, 0.2) is 5.78 Å². The first-order chi connectivity index (χ1) is 8.83. The molecule has 2 aliphatic heterocycles. The zero-order valence-electron chi connectivity index (χ0n) is 10.7. The third-order valence-corrected chi connectivity index (χ3v) is 3.93. The molecule has 1 aromatic rings. The highest BCUT2D eigenvalue weighted by atomic mass is 16.1. The van der Waals surface area contributed by atoms with Crippen molar-refractivity contribution in [1.29, 1.82) is 0 Å². The maximum Gasteiger partial charge on any atom is 0.176 e. The van der Waals surface area contributed by atoms with Crippen LogP contribution in [-0.4, -0.2) is 36.9 Å². The zero-order valence-corrected chi connectivity index (χ0v) is 10.7. The van der Waals surface area contributed by atoms with Crippen LogP contribution < -0.4 is 5.32 Å². The second kappa shape index (κ2) is 5.11. The van der Waals surface area contributed by atoms with E-state index in [9.17, 15) is 4.79 Å². The summed E-state index contributed by atoms with van der Waals surface area (Å²) in [5.41, 5.74) is 3.39. The molecule has 0 aliphatic carbocycles. The Labute approximate surface area is 108 Å². The van der Waals surface area contributed by atoms with Crippen LogP contribution in [0.25, 0.3) is 0 Å². The number of carbonyl (C=O) groups excluding carboxylic acids is 1. The normalized spacial score (nSPS) is 19.3. The molecule has 0 unspecified atom stereocenters. The van der Waals surface area contributed by atoms with E-state index < -0.39 is 0 Å². The third-order valence-electron chi connectivity index (χ3n) is 3.93. The van der Waals surface area contributed by atoms with Crippen LogP contribution in [0.3, 0.4) is 0 Å². The topological polar surface area (TPSA) is 32.3 Å². The molecule has 96 valence electrons. The minimum atomic E-state index is 0.269. The summed E-state index contributed by atoms with van der Waals surface area (Å²) < 4.78 is 0. The molecule has 1 saturated heterocycles. The number of aryl methyl sites for hydroxylation is 1. The van der Waals surface area contributed by atoms with Crippen LogP contribution in [0.1, 0.15) is 35.2 Å². The van der Waals surface area contributed by atoms with Gasteiger partial charge in [0.25, 0.3) is 0 Å². The second-order valence-corrected chi connectivity index (χ2v) is 5.31. The Bertz CT molecular complexity index is 450. The molecule has 0 saturated carbocycles. The summed E-state index contributed by atoms with van der Waals surface area (Å²) in [4.78, 5) is 14.5. The van der Waals surface area contributed by atoms with Gasteiger partial charge in [0.1, 0.15) is 0 Å². The molecule has 0 radical (unpaired) electrons. The van der Waals surface area contributed by atoms with Crippen LogP contribution in [0.5, 0.6) is 0 Å². The fourth-order valence-electron chi connectivity index (χ4n) is 2.88. The zero-order chi connectivity index (χ0) is 12.4. The minimum Gasteiger partial charge on any atom is -0.385 e. The van der Waals surface area contributed by atoms with Gasteiger partial charge < -0.3 is 5.32 Å². The summed E-state index contributed by atoms with van der Waals surface area (Å²) in [5, 5.41) is 3.38. The molecule has 0 spiro atoms. The highest BCUT2D eigenvalue weighted by Gasteiger charge is 2.17. The molecule has 3 nitrogen and oxygen atoms in total. The highest BCUT2D eigenvalue weighted by molar-refractivity contribution is 5.98. The Hall–Kier alpha value is -1.35. The lowest BCUT2D eigenvalue weighted by Crippen LogP contribution is -2.27. The van der Waals surface area contributed by atoms with Crippen LogP contribution in [0, 0.1) is 0 Å². The van der Waals surface area contributed by atoms with Crippen LogP contribution in [-0.2, 0) is 6.42 Å². The Balaban J connectivity index is 1.73. The third kappa shape index (κ3) is 2.41. The summed E-state index contributed by atoms with van der Waals surface area (Å²) in [6.45, 7) is 3.80. The van der Waals surface area contributed by atoms with Gasteiger partial charge in [-0.25, -0.2) is 0 Å². The molecular weight excluding hydrogens is 224 g/mol. The maximum absolute atomic E-state index is 12.2. The van der Waals surface area contributed by atoms with E-state index in [-0.39, 0.29) is 5.78 Å². The van der Waals surface area contributed by atoms with E-state index in [1.807, 2.05) is 6.07 Å². The van der Waals surface area contributed by atoms with Crippen molar-refractivity contribution in [3.63, 3.8) is 0 Å². The standard InChI is InChI=1S/C15H20N2O/c18-15(11-17-8-1-2-9-17)13-5-6-14-12(10-13)4-3-7-16-14/h5-6,10,16H,1-4,7-9,11H2. The molecule has 2 heterocycles. The number of anilines is 1. The number of rotatable bonds is 3. The van der Waals surface area contributed by atoms with Gasteiger partial charge in [0.2, 0.25) is 0 Å². The van der Waals surface area contributed by atoms with Gasteiger partial charge in [-0.3, -0.25) is 9.69 Å². The molecule has 2 aliphatic rings. The molecule has 0 aromatic heterocycles. The van der Waals surface area contributed by atoms with Gasteiger partial charge in [-0.1, -0.05) is 0 Å². The Morgan fingerprint density at radius 1 is 1.22 bits per heavy atom. The molecule has 3 rings (SSSR count). The number of benzene rings is 1. The quantitative estimate of drug-likeness (QED) is 0.828. The van der Waals surface area contributed by atoms with Crippen molar-refractivity contribution in [3.8, 4) is 0 Å². The fourth-order valence-corrected chi connectivity index (χ4v) is 2.88. The van der Waals surface area contributed by atoms with Crippen molar-refractivity contribution in [3.05, 3.63) is 29.3 Å². The van der Waals surface area contributed by atoms with E-state index in [4.69, 9.17) is 0 Å². The van der Waals surface area contributed by atoms with Gasteiger partial charge in [-0.15, -0.1) is 0 Å². The van der Waals surface area contributed by atoms with Crippen molar-refractivity contribution >= 4 is 11.5 Å². The van der Waals surface area contributed by atoms with Crippen LogP contribution in [0.15, 0.2) is 18.2 Å². The summed E-state index contributed by atoms with van der Waals surface area (Å²) in [6, 6.07) is 6.11. The van der Waals surface area contributed by atoms with E-state index in [1.165, 1.54) is 24.1 Å². The number of likely N-dealkylation sites (tertiary alicyclic amines) is 1. The predicted molar refractivity (Wildman–Crippen MR) is 73.3 cm³/mol. The van der Waals surface area contributed by atoms with Gasteiger partial charge in [0.05, 0.1) is 6.54 Å². The highest BCUT2D eigenvalue weighted by Crippen LogP contribution is 2.23. The van der Waals surface area contributed by atoms with E-state index in [1.54, 1.807) is 0 Å². The van der Waals surface area contributed by atoms with Crippen molar-refractivity contribution in [1.82, 2.24) is 4.90 Å². The van der Waals surface area contributed by atoms with Crippen LogP contribution in [0.2, 0.25) is 0 Å². The van der Waals surface area contributed by atoms with E-state index in [0.29, 0.717) is 6.54 Å². The predicted octanol–water partition coefficient (Wildman–Crippen LogP) is 2.32. The van der Waals surface area contributed by atoms with Crippen molar-refractivity contribution in [2.75, 3.05) is 31.5 Å².